The Labute approximate surface area is 137 Å². The van der Waals surface area contributed by atoms with Crippen LogP contribution in [0.25, 0.3) is 0 Å². The maximum atomic E-state index is 12.3. The average Bonchev–Trinajstić information content (AvgIpc) is 2.56. The summed E-state index contributed by atoms with van der Waals surface area (Å²) in [5.74, 6) is 0.574. The molecule has 0 aromatic heterocycles. The molecule has 1 heterocycles. The second-order valence-corrected chi connectivity index (χ2v) is 6.43. The van der Waals surface area contributed by atoms with E-state index in [1.165, 1.54) is 0 Å². The Morgan fingerprint density at radius 2 is 2.17 bits per heavy atom. The van der Waals surface area contributed by atoms with Crippen molar-refractivity contribution in [2.45, 2.75) is 39.2 Å². The Morgan fingerprint density at radius 1 is 1.43 bits per heavy atom. The van der Waals surface area contributed by atoms with Crippen molar-refractivity contribution in [1.82, 2.24) is 4.90 Å². The van der Waals surface area contributed by atoms with Crippen molar-refractivity contribution in [3.05, 3.63) is 29.8 Å². The van der Waals surface area contributed by atoms with Gasteiger partial charge in [0, 0.05) is 18.5 Å². The van der Waals surface area contributed by atoms with Gasteiger partial charge in [0.15, 0.2) is 6.61 Å². The van der Waals surface area contributed by atoms with Crippen LogP contribution in [0.5, 0.6) is 5.75 Å². The number of β-amino-alcohol motifs (C(OH)–C–C–N with tert-alkyl or cyclic N) is 1. The molecule has 1 aliphatic rings. The van der Waals surface area contributed by atoms with Crippen molar-refractivity contribution >= 4 is 5.91 Å². The minimum atomic E-state index is -0.691. The quantitative estimate of drug-likeness (QED) is 0.837. The van der Waals surface area contributed by atoms with Crippen LogP contribution in [0.2, 0.25) is 0 Å². The van der Waals surface area contributed by atoms with Crippen LogP contribution in [0.4, 0.5) is 0 Å². The average molecular weight is 321 g/mol. The summed E-state index contributed by atoms with van der Waals surface area (Å²) in [5.41, 5.74) is 0.517. The van der Waals surface area contributed by atoms with Gasteiger partial charge in [0.05, 0.1) is 12.7 Å². The molecule has 0 spiro atoms. The summed E-state index contributed by atoms with van der Waals surface area (Å²) in [6.07, 6.45) is 1.60. The minimum Gasteiger partial charge on any atom is -0.484 e. The Balaban J connectivity index is 1.91. The van der Waals surface area contributed by atoms with Gasteiger partial charge < -0.3 is 19.8 Å². The van der Waals surface area contributed by atoms with Gasteiger partial charge >= 0.3 is 0 Å². The third-order valence-electron chi connectivity index (χ3n) is 4.84. The van der Waals surface area contributed by atoms with Crippen LogP contribution in [-0.4, -0.2) is 53.4 Å². The highest BCUT2D eigenvalue weighted by molar-refractivity contribution is 5.78. The van der Waals surface area contributed by atoms with Crippen LogP contribution in [-0.2, 0) is 4.79 Å². The van der Waals surface area contributed by atoms with Gasteiger partial charge in [-0.1, -0.05) is 31.5 Å². The van der Waals surface area contributed by atoms with Gasteiger partial charge in [-0.2, -0.15) is 0 Å². The highest BCUT2D eigenvalue weighted by Crippen LogP contribution is 2.36. The molecule has 0 saturated carbocycles. The Hall–Kier alpha value is -1.59. The Bertz CT molecular complexity index is 534. The van der Waals surface area contributed by atoms with Crippen LogP contribution in [0, 0.1) is 12.3 Å². The lowest BCUT2D eigenvalue weighted by Gasteiger charge is -2.44. The van der Waals surface area contributed by atoms with Gasteiger partial charge in [0.25, 0.3) is 5.91 Å². The summed E-state index contributed by atoms with van der Waals surface area (Å²) in [6.45, 7) is 4.72. The zero-order valence-electron chi connectivity index (χ0n) is 14.0. The number of aliphatic hydroxyl groups excluding tert-OH is 2. The fraction of sp³-hybridized carbons (Fsp3) is 0.611. The number of aryl methyl sites for hydroxylation is 1. The molecule has 0 radical (unpaired) electrons. The third kappa shape index (κ3) is 4.03. The maximum Gasteiger partial charge on any atom is 0.260 e. The van der Waals surface area contributed by atoms with E-state index >= 15 is 0 Å². The van der Waals surface area contributed by atoms with Crippen LogP contribution in [0.1, 0.15) is 31.7 Å². The second kappa shape index (κ2) is 7.79. The summed E-state index contributed by atoms with van der Waals surface area (Å²) in [4.78, 5) is 13.9. The maximum absolute atomic E-state index is 12.3. The lowest BCUT2D eigenvalue weighted by atomic mass is 9.73. The molecule has 1 aromatic carbocycles. The lowest BCUT2D eigenvalue weighted by Crippen LogP contribution is -2.55. The fourth-order valence-electron chi connectivity index (χ4n) is 3.25. The predicted octanol–water partition coefficient (Wildman–Crippen LogP) is 1.75. The van der Waals surface area contributed by atoms with Gasteiger partial charge in [-0.25, -0.2) is 0 Å². The van der Waals surface area contributed by atoms with Gasteiger partial charge in [0.2, 0.25) is 0 Å². The number of carbonyl (C=O) groups excluding carboxylic acids is 1. The third-order valence-corrected chi connectivity index (χ3v) is 4.84. The van der Waals surface area contributed by atoms with Gasteiger partial charge in [-0.05, 0) is 31.4 Å². The molecule has 1 amide bonds. The monoisotopic (exact) mass is 321 g/mol. The van der Waals surface area contributed by atoms with E-state index in [9.17, 15) is 15.0 Å². The van der Waals surface area contributed by atoms with Crippen molar-refractivity contribution < 1.29 is 19.7 Å². The predicted molar refractivity (Wildman–Crippen MR) is 88.3 cm³/mol. The normalized spacial score (nSPS) is 24.5. The first-order valence-corrected chi connectivity index (χ1v) is 8.27. The smallest absolute Gasteiger partial charge is 0.260 e. The van der Waals surface area contributed by atoms with E-state index in [0.29, 0.717) is 18.7 Å². The fourth-order valence-corrected chi connectivity index (χ4v) is 3.25. The van der Waals surface area contributed by atoms with Crippen molar-refractivity contribution in [3.8, 4) is 5.75 Å². The number of benzene rings is 1. The van der Waals surface area contributed by atoms with Gasteiger partial charge in [-0.15, -0.1) is 0 Å². The molecule has 1 aliphatic heterocycles. The van der Waals surface area contributed by atoms with Crippen molar-refractivity contribution in [2.75, 3.05) is 26.3 Å². The number of rotatable bonds is 6. The molecule has 0 aliphatic carbocycles. The number of piperidine rings is 1. The first-order chi connectivity index (χ1) is 11.0. The van der Waals surface area contributed by atoms with E-state index in [0.717, 1.165) is 18.4 Å². The summed E-state index contributed by atoms with van der Waals surface area (Å²) < 4.78 is 5.59. The molecule has 2 atom stereocenters. The molecule has 0 bridgehead atoms. The van der Waals surface area contributed by atoms with E-state index in [1.54, 1.807) is 4.90 Å². The van der Waals surface area contributed by atoms with Crippen LogP contribution in [0.3, 0.4) is 0 Å². The van der Waals surface area contributed by atoms with Crippen LogP contribution in [0.15, 0.2) is 24.3 Å². The Kier molecular flexibility index (Phi) is 6.02. The summed E-state index contributed by atoms with van der Waals surface area (Å²) in [5, 5.41) is 20.1. The molecule has 5 heteroatoms. The standard InChI is InChI=1S/C18H27NO4/c1-3-8-18(13-20)9-10-19(11-16(18)21)17(22)12-23-15-7-5-4-6-14(15)2/h4-7,16,20-21H,3,8-13H2,1-2H3/t16-,18-/m1/s1. The van der Waals surface area contributed by atoms with Gasteiger partial charge in [-0.3, -0.25) is 4.79 Å². The van der Waals surface area contributed by atoms with E-state index in [-0.39, 0.29) is 25.7 Å². The molecular formula is C18H27NO4. The first-order valence-electron chi connectivity index (χ1n) is 8.27. The number of nitrogens with zero attached hydrogens (tertiary/aromatic N) is 1. The molecule has 1 saturated heterocycles. The zero-order chi connectivity index (χ0) is 16.9. The zero-order valence-corrected chi connectivity index (χ0v) is 14.0. The van der Waals surface area contributed by atoms with E-state index in [1.807, 2.05) is 38.1 Å². The number of likely N-dealkylation sites (tertiary alicyclic amines) is 1. The van der Waals surface area contributed by atoms with Crippen molar-refractivity contribution in [3.63, 3.8) is 0 Å². The number of hydrogen-bond acceptors (Lipinski definition) is 4. The second-order valence-electron chi connectivity index (χ2n) is 6.43. The molecular weight excluding hydrogens is 294 g/mol. The number of amides is 1. The minimum absolute atomic E-state index is 0.0303. The summed E-state index contributed by atoms with van der Waals surface area (Å²) in [6, 6.07) is 7.57. The first kappa shape index (κ1) is 17.8. The van der Waals surface area contributed by atoms with E-state index in [2.05, 4.69) is 0 Å². The highest BCUT2D eigenvalue weighted by Gasteiger charge is 2.42. The molecule has 2 rings (SSSR count). The molecule has 0 unspecified atom stereocenters. The Morgan fingerprint density at radius 3 is 2.78 bits per heavy atom. The van der Waals surface area contributed by atoms with Gasteiger partial charge in [0.1, 0.15) is 5.75 Å². The summed E-state index contributed by atoms with van der Waals surface area (Å²) in [7, 11) is 0. The molecule has 1 fully saturated rings. The van der Waals surface area contributed by atoms with Crippen LogP contribution >= 0.6 is 0 Å². The number of hydrogen-bond donors (Lipinski definition) is 2. The topological polar surface area (TPSA) is 70.0 Å². The largest absolute Gasteiger partial charge is 0.484 e. The lowest BCUT2D eigenvalue weighted by molar-refractivity contribution is -0.144. The van der Waals surface area contributed by atoms with Crippen LogP contribution < -0.4 is 4.74 Å². The molecule has 1 aromatic rings. The highest BCUT2D eigenvalue weighted by atomic mass is 16.5. The van der Waals surface area contributed by atoms with E-state index in [4.69, 9.17) is 4.74 Å². The number of carbonyl (C=O) groups is 1. The SMILES string of the molecule is CCC[C@]1(CO)CCN(C(=O)COc2ccccc2C)C[C@H]1O. The number of ether oxygens (including phenoxy) is 1. The molecule has 23 heavy (non-hydrogen) atoms. The summed E-state index contributed by atoms with van der Waals surface area (Å²) >= 11 is 0. The van der Waals surface area contributed by atoms with E-state index < -0.39 is 11.5 Å². The van der Waals surface area contributed by atoms with Crippen molar-refractivity contribution in [1.29, 1.82) is 0 Å². The molecule has 128 valence electrons. The number of para-hydroxylation sites is 1. The molecule has 5 nitrogen and oxygen atoms in total. The molecule has 2 N–H and O–H groups in total. The van der Waals surface area contributed by atoms with Crippen molar-refractivity contribution in [2.24, 2.45) is 5.41 Å². The number of aliphatic hydroxyl groups is 2.